The molecule has 6 saturated heterocycles. The zero-order valence-corrected chi connectivity index (χ0v) is 75.4. The average molecular weight is 1490 g/mol. The summed E-state index contributed by atoms with van der Waals surface area (Å²) >= 11 is 0. The quantitative estimate of drug-likeness (QED) is 0.0879. The summed E-state index contributed by atoms with van der Waals surface area (Å²) in [6.45, 7) is 59.8. The molecule has 107 heavy (non-hydrogen) atoms. The number of hydrogen-bond donors (Lipinski definition) is 0. The lowest BCUT2D eigenvalue weighted by Crippen LogP contribution is -2.62. The van der Waals surface area contributed by atoms with Gasteiger partial charge in [-0.05, 0) is 298 Å². The van der Waals surface area contributed by atoms with E-state index in [9.17, 15) is 0 Å². The average Bonchev–Trinajstić information content (AvgIpc) is 0.773. The van der Waals surface area contributed by atoms with E-state index in [0.717, 1.165) is 89.9 Å². The van der Waals surface area contributed by atoms with E-state index in [0.29, 0.717) is 79.7 Å². The second-order valence-corrected chi connectivity index (χ2v) is 42.4. The summed E-state index contributed by atoms with van der Waals surface area (Å²) in [7, 11) is 31.3. The van der Waals surface area contributed by atoms with E-state index in [2.05, 4.69) is 338 Å². The monoisotopic (exact) mass is 1490 g/mol. The summed E-state index contributed by atoms with van der Waals surface area (Å²) in [4.78, 5) is 86.3. The van der Waals surface area contributed by atoms with Crippen molar-refractivity contribution in [1.82, 2.24) is 74.3 Å². The van der Waals surface area contributed by atoms with Crippen molar-refractivity contribution in [3.63, 3.8) is 0 Å². The second-order valence-electron chi connectivity index (χ2n) is 42.4. The normalized spacial score (nSPS) is 25.0. The van der Waals surface area contributed by atoms with Gasteiger partial charge in [-0.25, -0.2) is 0 Å². The lowest BCUT2D eigenvalue weighted by Gasteiger charge is -2.55. The van der Waals surface area contributed by atoms with E-state index < -0.39 is 0 Å². The van der Waals surface area contributed by atoms with Crippen LogP contribution in [0.2, 0.25) is 0 Å². The van der Waals surface area contributed by atoms with E-state index in [4.69, 9.17) is 44.9 Å². The SMILES string of the molecule is CN(CCCN(CCCN(C)c1nc(N(C)C2CC(C)(C)N(C)C(C)(C)C2)nc(N(C)C2CC(C)(C)N(C)C(C)(C)C2)n1)c1nc(N(C)C2CC(C)(C)N(C)C(C)(C)C2)nc(N(C)C2CC(C)(C)N(C)C(C)(C)C2)n1)c1nc(N(C)C2CC(C)(C)N(C)C(C)(C)C2)nc(N(C)C2CC(C)(C)N(C)C(C)(C)C2)n1. The molecular formula is C83H156N24. The summed E-state index contributed by atoms with van der Waals surface area (Å²) in [5.41, 5.74) is -0.401. The standard InChI is InChI=1S/C83H156N24/c1-72(2)45-57(46-73(3,4)101(72)33)95(27)65-84-63(85-66(88-65)96(28)58-47-74(5,6)102(34)75(7,8)48-58)93(25)41-39-43-107(71-91-69(99(31)61-53-80(17,18)105(37)81(19,20)54-61)90-70(92-71)100(32)62-55-82(21,22)106(38)83(23,24)56-62)44-40-42-94(26)64-86-67(97(29)59-49-76(9,10)103(35)77(11,12)50-59)89-68(87-64)98(30)60-51-78(13,14)104(36)79(15,16)52-60/h57-62H,39-56H2,1-38H3. The van der Waals surface area contributed by atoms with Crippen molar-refractivity contribution in [3.05, 3.63) is 0 Å². The molecule has 3 aromatic rings. The molecule has 0 unspecified atom stereocenters. The van der Waals surface area contributed by atoms with Crippen molar-refractivity contribution in [1.29, 1.82) is 0 Å². The lowest BCUT2D eigenvalue weighted by atomic mass is 9.77. The third-order valence-electron chi connectivity index (χ3n) is 29.5. The third-order valence-corrected chi connectivity index (χ3v) is 29.5. The van der Waals surface area contributed by atoms with Crippen molar-refractivity contribution >= 4 is 53.5 Å². The molecule has 0 spiro atoms. The second kappa shape index (κ2) is 29.8. The molecule has 6 aliphatic rings. The number of rotatable bonds is 23. The smallest absolute Gasteiger partial charge is 0.231 e. The Morgan fingerprint density at radius 1 is 0.215 bits per heavy atom. The van der Waals surface area contributed by atoms with Crippen molar-refractivity contribution in [2.45, 2.75) is 359 Å². The van der Waals surface area contributed by atoms with Gasteiger partial charge in [-0.3, -0.25) is 29.4 Å². The molecule has 608 valence electrons. The van der Waals surface area contributed by atoms with Gasteiger partial charge in [0.1, 0.15) is 0 Å². The van der Waals surface area contributed by atoms with Gasteiger partial charge in [-0.15, -0.1) is 0 Å². The minimum atomic E-state index is -0.0513. The summed E-state index contributed by atoms with van der Waals surface area (Å²) in [6.07, 6.45) is 13.3. The van der Waals surface area contributed by atoms with Crippen LogP contribution in [0.4, 0.5) is 53.5 Å². The fourth-order valence-corrected chi connectivity index (χ4v) is 20.5. The minimum absolute atomic E-state index is 0.0245. The van der Waals surface area contributed by atoms with Crippen LogP contribution in [-0.2, 0) is 0 Å². The molecule has 24 heteroatoms. The first-order valence-electron chi connectivity index (χ1n) is 40.9. The van der Waals surface area contributed by atoms with E-state index >= 15 is 0 Å². The van der Waals surface area contributed by atoms with Crippen LogP contribution in [0.25, 0.3) is 0 Å². The first-order valence-corrected chi connectivity index (χ1v) is 40.9. The van der Waals surface area contributed by atoms with Crippen LogP contribution in [0.5, 0.6) is 0 Å². The van der Waals surface area contributed by atoms with Crippen LogP contribution in [0.3, 0.4) is 0 Å². The van der Waals surface area contributed by atoms with Gasteiger partial charge in [-0.1, -0.05) is 0 Å². The Kier molecular flexibility index (Phi) is 24.0. The molecule has 0 aliphatic carbocycles. The van der Waals surface area contributed by atoms with E-state index in [1.807, 2.05) is 0 Å². The van der Waals surface area contributed by atoms with Gasteiger partial charge in [0.2, 0.25) is 53.5 Å². The molecule has 0 saturated carbocycles. The Bertz CT molecular complexity index is 3080. The number of piperidine rings is 6. The minimum Gasteiger partial charge on any atom is -0.344 e. The summed E-state index contributed by atoms with van der Waals surface area (Å²) in [5.74, 6) is 6.32. The summed E-state index contributed by atoms with van der Waals surface area (Å²) in [5, 5.41) is 0. The number of aromatic nitrogens is 9. The number of nitrogens with zero attached hydrogens (tertiary/aromatic N) is 24. The highest BCUT2D eigenvalue weighted by atomic mass is 15.5. The molecule has 9 heterocycles. The molecule has 0 bridgehead atoms. The first kappa shape index (κ1) is 86.0. The molecular weight excluding hydrogens is 1330 g/mol. The molecule has 6 aliphatic heterocycles. The van der Waals surface area contributed by atoms with Crippen LogP contribution in [0, 0.1) is 0 Å². The number of anilines is 9. The van der Waals surface area contributed by atoms with Gasteiger partial charge in [0.05, 0.1) is 0 Å². The fraction of sp³-hybridized carbons (Fsp3) is 0.892. The van der Waals surface area contributed by atoms with Gasteiger partial charge in [0, 0.05) is 185 Å². The highest BCUT2D eigenvalue weighted by molar-refractivity contribution is 5.51. The topological polar surface area (TPSA) is 165 Å². The van der Waals surface area contributed by atoms with E-state index in [-0.39, 0.29) is 103 Å². The maximum Gasteiger partial charge on any atom is 0.231 e. The van der Waals surface area contributed by atoms with Gasteiger partial charge in [0.25, 0.3) is 0 Å². The fourth-order valence-electron chi connectivity index (χ4n) is 20.5. The molecule has 0 N–H and O–H groups in total. The maximum atomic E-state index is 5.69. The van der Waals surface area contributed by atoms with Crippen LogP contribution in [0.15, 0.2) is 0 Å². The molecule has 9 rings (SSSR count). The third kappa shape index (κ3) is 17.9. The van der Waals surface area contributed by atoms with E-state index in [1.165, 1.54) is 0 Å². The predicted octanol–water partition coefficient (Wildman–Crippen LogP) is 12.6. The lowest BCUT2D eigenvalue weighted by molar-refractivity contribution is -0.0127. The van der Waals surface area contributed by atoms with Crippen LogP contribution in [-0.4, -0.2) is 302 Å². The molecule has 6 fully saturated rings. The highest BCUT2D eigenvalue weighted by Gasteiger charge is 2.52. The van der Waals surface area contributed by atoms with Gasteiger partial charge in [0.15, 0.2) is 0 Å². The van der Waals surface area contributed by atoms with Crippen LogP contribution in [0.1, 0.15) is 256 Å². The zero-order chi connectivity index (χ0) is 80.4. The Hall–Kier alpha value is -5.01. The molecule has 3 aromatic heterocycles. The first-order chi connectivity index (χ1) is 48.7. The van der Waals surface area contributed by atoms with Gasteiger partial charge in [-0.2, -0.15) is 44.9 Å². The van der Waals surface area contributed by atoms with Crippen molar-refractivity contribution < 1.29 is 0 Å². The largest absolute Gasteiger partial charge is 0.344 e. The van der Waals surface area contributed by atoms with Crippen molar-refractivity contribution in [2.24, 2.45) is 0 Å². The summed E-state index contributed by atoms with van der Waals surface area (Å²) < 4.78 is 0. The Balaban J connectivity index is 1.11. The predicted molar refractivity (Wildman–Crippen MR) is 452 cm³/mol. The van der Waals surface area contributed by atoms with Crippen molar-refractivity contribution in [3.8, 4) is 0 Å². The Labute approximate surface area is 652 Å². The Morgan fingerprint density at radius 2 is 0.346 bits per heavy atom. The molecule has 0 atom stereocenters. The Morgan fingerprint density at radius 3 is 0.495 bits per heavy atom. The molecule has 0 aromatic carbocycles. The number of hydrogen-bond acceptors (Lipinski definition) is 24. The van der Waals surface area contributed by atoms with Crippen molar-refractivity contribution in [2.75, 3.05) is 169 Å². The summed E-state index contributed by atoms with van der Waals surface area (Å²) in [6, 6.07) is 1.25. The molecule has 0 amide bonds. The van der Waals surface area contributed by atoms with E-state index in [1.54, 1.807) is 0 Å². The van der Waals surface area contributed by atoms with Gasteiger partial charge >= 0.3 is 0 Å². The number of likely N-dealkylation sites (tertiary alicyclic amines) is 6. The maximum absolute atomic E-state index is 5.69. The molecule has 24 nitrogen and oxygen atoms in total. The molecule has 0 radical (unpaired) electrons. The van der Waals surface area contributed by atoms with Crippen LogP contribution >= 0.6 is 0 Å². The zero-order valence-electron chi connectivity index (χ0n) is 75.4. The van der Waals surface area contributed by atoms with Gasteiger partial charge < -0.3 is 44.1 Å². The highest BCUT2D eigenvalue weighted by Crippen LogP contribution is 2.47. The van der Waals surface area contributed by atoms with Crippen LogP contribution < -0.4 is 44.1 Å².